The highest BCUT2D eigenvalue weighted by Gasteiger charge is 2.25. The van der Waals surface area contributed by atoms with Crippen LogP contribution in [0.1, 0.15) is 28.5 Å². The highest BCUT2D eigenvalue weighted by atomic mass is 16.2. The van der Waals surface area contributed by atoms with Gasteiger partial charge in [0.2, 0.25) is 5.91 Å². The minimum atomic E-state index is 0.0227. The second kappa shape index (κ2) is 5.48. The van der Waals surface area contributed by atoms with E-state index in [1.807, 2.05) is 18.7 Å². The summed E-state index contributed by atoms with van der Waals surface area (Å²) < 4.78 is 0. The smallest absolute Gasteiger partial charge is 0.270 e. The molecule has 0 saturated carbocycles. The molecule has 0 unspecified atom stereocenters. The average Bonchev–Trinajstić information content (AvgIpc) is 2.83. The molecule has 2 aromatic rings. The molecule has 1 aliphatic rings. The van der Waals surface area contributed by atoms with E-state index in [4.69, 9.17) is 0 Å². The van der Waals surface area contributed by atoms with Gasteiger partial charge >= 0.3 is 0 Å². The Hall–Kier alpha value is -2.30. The second-order valence-corrected chi connectivity index (χ2v) is 5.97. The van der Waals surface area contributed by atoms with Gasteiger partial charge in [-0.1, -0.05) is 12.1 Å². The minimum absolute atomic E-state index is 0.0227. The Morgan fingerprint density at radius 2 is 1.68 bits per heavy atom. The van der Waals surface area contributed by atoms with Crippen molar-refractivity contribution in [3.8, 4) is 0 Å². The number of piperazine rings is 1. The van der Waals surface area contributed by atoms with Crippen LogP contribution in [0.15, 0.2) is 18.2 Å². The van der Waals surface area contributed by atoms with E-state index in [9.17, 15) is 9.59 Å². The SMILES string of the molecule is CC(=O)N1CCN(C(=O)c2[nH]c3cc(C)ccc3c2C)CC1. The second-order valence-electron chi connectivity index (χ2n) is 5.97. The van der Waals surface area contributed by atoms with Crippen molar-refractivity contribution in [1.82, 2.24) is 14.8 Å². The molecular formula is C17H21N3O2. The first-order chi connectivity index (χ1) is 10.5. The van der Waals surface area contributed by atoms with Gasteiger partial charge in [-0.05, 0) is 31.0 Å². The molecule has 1 aromatic carbocycles. The molecule has 0 aliphatic carbocycles. The number of aryl methyl sites for hydroxylation is 2. The van der Waals surface area contributed by atoms with Crippen LogP contribution in [-0.2, 0) is 4.79 Å². The molecule has 0 radical (unpaired) electrons. The van der Waals surface area contributed by atoms with E-state index in [1.54, 1.807) is 11.8 Å². The first-order valence-corrected chi connectivity index (χ1v) is 7.61. The number of carbonyl (C=O) groups is 2. The molecule has 3 rings (SSSR count). The van der Waals surface area contributed by atoms with Gasteiger partial charge in [0, 0.05) is 44.0 Å². The largest absolute Gasteiger partial charge is 0.350 e. The summed E-state index contributed by atoms with van der Waals surface area (Å²) in [6, 6.07) is 6.18. The summed E-state index contributed by atoms with van der Waals surface area (Å²) in [5.41, 5.74) is 3.83. The number of hydrogen-bond acceptors (Lipinski definition) is 2. The van der Waals surface area contributed by atoms with Crippen LogP contribution in [0, 0.1) is 13.8 Å². The van der Waals surface area contributed by atoms with Crippen LogP contribution < -0.4 is 0 Å². The number of H-pyrrole nitrogens is 1. The molecule has 0 spiro atoms. The van der Waals surface area contributed by atoms with Crippen LogP contribution in [0.5, 0.6) is 0 Å². The lowest BCUT2D eigenvalue weighted by Crippen LogP contribution is -2.50. The van der Waals surface area contributed by atoms with Crippen molar-refractivity contribution in [3.05, 3.63) is 35.0 Å². The Bertz CT molecular complexity index is 740. The topological polar surface area (TPSA) is 56.4 Å². The molecule has 0 atom stereocenters. The molecule has 0 bridgehead atoms. The van der Waals surface area contributed by atoms with E-state index in [-0.39, 0.29) is 11.8 Å². The van der Waals surface area contributed by atoms with Gasteiger partial charge in [-0.3, -0.25) is 9.59 Å². The molecule has 22 heavy (non-hydrogen) atoms. The predicted octanol–water partition coefficient (Wildman–Crippen LogP) is 2.09. The third-order valence-electron chi connectivity index (χ3n) is 4.44. The van der Waals surface area contributed by atoms with Crippen LogP contribution in [0.3, 0.4) is 0 Å². The summed E-state index contributed by atoms with van der Waals surface area (Å²) in [7, 11) is 0. The predicted molar refractivity (Wildman–Crippen MR) is 85.9 cm³/mol. The van der Waals surface area contributed by atoms with E-state index >= 15 is 0 Å². The van der Waals surface area contributed by atoms with Gasteiger partial charge < -0.3 is 14.8 Å². The number of aromatic amines is 1. The summed E-state index contributed by atoms with van der Waals surface area (Å²) in [6.07, 6.45) is 0. The molecule has 1 aliphatic heterocycles. The van der Waals surface area contributed by atoms with Gasteiger partial charge in [-0.15, -0.1) is 0 Å². The van der Waals surface area contributed by atoms with E-state index in [1.165, 1.54) is 5.56 Å². The van der Waals surface area contributed by atoms with Crippen molar-refractivity contribution >= 4 is 22.7 Å². The number of fused-ring (bicyclic) bond motifs is 1. The Morgan fingerprint density at radius 1 is 1.05 bits per heavy atom. The van der Waals surface area contributed by atoms with Gasteiger partial charge in [-0.25, -0.2) is 0 Å². The maximum atomic E-state index is 12.7. The number of amides is 2. The van der Waals surface area contributed by atoms with Gasteiger partial charge in [0.25, 0.3) is 5.91 Å². The van der Waals surface area contributed by atoms with E-state index in [0.29, 0.717) is 31.9 Å². The van der Waals surface area contributed by atoms with Crippen molar-refractivity contribution < 1.29 is 9.59 Å². The number of aromatic nitrogens is 1. The minimum Gasteiger partial charge on any atom is -0.350 e. The van der Waals surface area contributed by atoms with Crippen LogP contribution in [0.25, 0.3) is 10.9 Å². The normalized spacial score (nSPS) is 15.4. The van der Waals surface area contributed by atoms with Crippen LogP contribution >= 0.6 is 0 Å². The molecule has 2 amide bonds. The zero-order valence-electron chi connectivity index (χ0n) is 13.3. The highest BCUT2D eigenvalue weighted by Crippen LogP contribution is 2.24. The molecule has 5 nitrogen and oxygen atoms in total. The Morgan fingerprint density at radius 3 is 2.32 bits per heavy atom. The third-order valence-corrected chi connectivity index (χ3v) is 4.44. The van der Waals surface area contributed by atoms with Crippen molar-refractivity contribution in [3.63, 3.8) is 0 Å². The summed E-state index contributed by atoms with van der Waals surface area (Å²) in [5.74, 6) is 0.0962. The maximum Gasteiger partial charge on any atom is 0.270 e. The highest BCUT2D eigenvalue weighted by molar-refractivity contribution is 6.01. The maximum absolute atomic E-state index is 12.7. The monoisotopic (exact) mass is 299 g/mol. The Kier molecular flexibility index (Phi) is 3.64. The fraction of sp³-hybridized carbons (Fsp3) is 0.412. The van der Waals surface area contributed by atoms with Crippen molar-refractivity contribution in [1.29, 1.82) is 0 Å². The lowest BCUT2D eigenvalue weighted by molar-refractivity contribution is -0.130. The Labute approximate surface area is 129 Å². The van der Waals surface area contributed by atoms with Crippen molar-refractivity contribution in [2.75, 3.05) is 26.2 Å². The van der Waals surface area contributed by atoms with E-state index < -0.39 is 0 Å². The summed E-state index contributed by atoms with van der Waals surface area (Å²) in [4.78, 5) is 31.0. The standard InChI is InChI=1S/C17H21N3O2/c1-11-4-5-14-12(2)16(18-15(14)10-11)17(22)20-8-6-19(7-9-20)13(3)21/h4-5,10,18H,6-9H2,1-3H3. The summed E-state index contributed by atoms with van der Waals surface area (Å²) in [6.45, 7) is 7.99. The van der Waals surface area contributed by atoms with Gasteiger partial charge in [-0.2, -0.15) is 0 Å². The van der Waals surface area contributed by atoms with Gasteiger partial charge in [0.15, 0.2) is 0 Å². The molecule has 2 heterocycles. The Balaban J connectivity index is 1.84. The van der Waals surface area contributed by atoms with Crippen LogP contribution in [0.2, 0.25) is 0 Å². The first-order valence-electron chi connectivity index (χ1n) is 7.61. The zero-order valence-corrected chi connectivity index (χ0v) is 13.3. The quantitative estimate of drug-likeness (QED) is 0.876. The van der Waals surface area contributed by atoms with E-state index in [2.05, 4.69) is 23.2 Å². The average molecular weight is 299 g/mol. The lowest BCUT2D eigenvalue weighted by atomic mass is 10.1. The number of hydrogen-bond donors (Lipinski definition) is 1. The first kappa shape index (κ1) is 14.6. The third kappa shape index (κ3) is 2.47. The number of carbonyl (C=O) groups excluding carboxylic acids is 2. The fourth-order valence-corrected chi connectivity index (χ4v) is 3.05. The van der Waals surface area contributed by atoms with Gasteiger partial charge in [0.1, 0.15) is 5.69 Å². The lowest BCUT2D eigenvalue weighted by Gasteiger charge is -2.34. The number of rotatable bonds is 1. The fourth-order valence-electron chi connectivity index (χ4n) is 3.05. The molecular weight excluding hydrogens is 278 g/mol. The summed E-state index contributed by atoms with van der Waals surface area (Å²) >= 11 is 0. The molecule has 1 N–H and O–H groups in total. The molecule has 1 fully saturated rings. The van der Waals surface area contributed by atoms with Crippen molar-refractivity contribution in [2.45, 2.75) is 20.8 Å². The molecule has 5 heteroatoms. The molecule has 116 valence electrons. The van der Waals surface area contributed by atoms with Crippen molar-refractivity contribution in [2.24, 2.45) is 0 Å². The molecule has 1 saturated heterocycles. The van der Waals surface area contributed by atoms with E-state index in [0.717, 1.165) is 16.5 Å². The summed E-state index contributed by atoms with van der Waals surface area (Å²) in [5, 5.41) is 1.09. The number of nitrogens with one attached hydrogen (secondary N) is 1. The number of benzene rings is 1. The van der Waals surface area contributed by atoms with Crippen LogP contribution in [-0.4, -0.2) is 52.8 Å². The van der Waals surface area contributed by atoms with Gasteiger partial charge in [0.05, 0.1) is 0 Å². The number of nitrogens with zero attached hydrogens (tertiary/aromatic N) is 2. The zero-order chi connectivity index (χ0) is 15.9. The van der Waals surface area contributed by atoms with Crippen LogP contribution in [0.4, 0.5) is 0 Å². The molecule has 1 aromatic heterocycles.